The third-order valence-electron chi connectivity index (χ3n) is 3.53. The van der Waals surface area contributed by atoms with Gasteiger partial charge in [-0.2, -0.15) is 0 Å². The van der Waals surface area contributed by atoms with E-state index in [0.717, 1.165) is 4.90 Å². The molecule has 3 rings (SSSR count). The molecule has 8 nitrogen and oxygen atoms in total. The highest BCUT2D eigenvalue weighted by Crippen LogP contribution is 2.21. The fourth-order valence-corrected chi connectivity index (χ4v) is 3.18. The zero-order chi connectivity index (χ0) is 15.5. The Labute approximate surface area is 130 Å². The highest BCUT2D eigenvalue weighted by molar-refractivity contribution is 7.99. The highest BCUT2D eigenvalue weighted by atomic mass is 32.2. The second-order valence-corrected chi connectivity index (χ2v) is 5.86. The van der Waals surface area contributed by atoms with E-state index in [1.807, 2.05) is 0 Å². The Hall–Kier alpha value is -2.16. The van der Waals surface area contributed by atoms with Gasteiger partial charge in [0.15, 0.2) is 11.8 Å². The van der Waals surface area contributed by atoms with Gasteiger partial charge in [0.1, 0.15) is 0 Å². The fourth-order valence-electron chi connectivity index (χ4n) is 2.47. The van der Waals surface area contributed by atoms with Gasteiger partial charge in [0, 0.05) is 25.5 Å². The quantitative estimate of drug-likeness (QED) is 0.575. The van der Waals surface area contributed by atoms with Crippen LogP contribution in [-0.4, -0.2) is 69.2 Å². The molecular formula is C13H14N4O4S. The summed E-state index contributed by atoms with van der Waals surface area (Å²) in [5.74, 6) is -0.161. The number of cyclic esters (lactones) is 1. The van der Waals surface area contributed by atoms with Gasteiger partial charge >= 0.3 is 6.09 Å². The number of imide groups is 1. The van der Waals surface area contributed by atoms with Gasteiger partial charge in [-0.25, -0.2) is 19.7 Å². The second kappa shape index (κ2) is 6.30. The number of aromatic nitrogens is 2. The minimum Gasteiger partial charge on any atom is -0.439 e. The largest absolute Gasteiger partial charge is 0.439 e. The zero-order valence-electron chi connectivity index (χ0n) is 11.7. The molecule has 2 fully saturated rings. The first-order valence-corrected chi connectivity index (χ1v) is 7.80. The minimum atomic E-state index is -0.614. The molecule has 22 heavy (non-hydrogen) atoms. The maximum atomic E-state index is 12.2. The van der Waals surface area contributed by atoms with Crippen LogP contribution in [0.25, 0.3) is 0 Å². The zero-order valence-corrected chi connectivity index (χ0v) is 12.5. The molecule has 0 aromatic carbocycles. The van der Waals surface area contributed by atoms with Crippen molar-refractivity contribution in [2.75, 3.05) is 25.4 Å². The van der Waals surface area contributed by atoms with Crippen molar-refractivity contribution in [1.82, 2.24) is 19.8 Å². The van der Waals surface area contributed by atoms with Gasteiger partial charge in [0.2, 0.25) is 5.91 Å². The molecule has 0 radical (unpaired) electrons. The van der Waals surface area contributed by atoms with Crippen molar-refractivity contribution in [1.29, 1.82) is 0 Å². The molecule has 0 aliphatic carbocycles. The summed E-state index contributed by atoms with van der Waals surface area (Å²) in [6, 6.07) is 1.42. The van der Waals surface area contributed by atoms with E-state index in [-0.39, 0.29) is 30.2 Å². The van der Waals surface area contributed by atoms with Crippen LogP contribution in [0, 0.1) is 0 Å². The van der Waals surface area contributed by atoms with Crippen molar-refractivity contribution in [3.05, 3.63) is 18.5 Å². The molecule has 0 N–H and O–H groups in total. The molecular weight excluding hydrogens is 308 g/mol. The molecule has 0 spiro atoms. The standard InChI is InChI=1S/C13H14N4O4S/c18-10-7-21-13(20)17(10)9-2-5-16(6-9)11(19)8-22-12-14-3-1-4-15-12/h1,3-4,9H,2,5-8H2. The lowest BCUT2D eigenvalue weighted by Gasteiger charge is -2.20. The second-order valence-electron chi connectivity index (χ2n) is 4.92. The topological polar surface area (TPSA) is 92.7 Å². The van der Waals surface area contributed by atoms with E-state index < -0.39 is 6.09 Å². The third kappa shape index (κ3) is 3.03. The number of carbonyl (C=O) groups is 3. The summed E-state index contributed by atoms with van der Waals surface area (Å²) >= 11 is 1.26. The molecule has 2 aliphatic heterocycles. The van der Waals surface area contributed by atoms with E-state index in [1.165, 1.54) is 11.8 Å². The van der Waals surface area contributed by atoms with Crippen molar-refractivity contribution in [2.24, 2.45) is 0 Å². The molecule has 0 bridgehead atoms. The molecule has 1 atom stereocenters. The highest BCUT2D eigenvalue weighted by Gasteiger charge is 2.41. The SMILES string of the molecule is O=C(CSc1ncccn1)N1CCC(N2C(=O)COC2=O)C1. The summed E-state index contributed by atoms with van der Waals surface area (Å²) < 4.78 is 4.70. The first kappa shape index (κ1) is 14.8. The van der Waals surface area contributed by atoms with Crippen LogP contribution in [0.15, 0.2) is 23.6 Å². The molecule has 9 heteroatoms. The summed E-state index contributed by atoms with van der Waals surface area (Å²) in [4.78, 5) is 46.2. The molecule has 3 amide bonds. The lowest BCUT2D eigenvalue weighted by atomic mass is 10.2. The number of hydrogen-bond donors (Lipinski definition) is 0. The van der Waals surface area contributed by atoms with E-state index in [2.05, 4.69) is 9.97 Å². The van der Waals surface area contributed by atoms with Crippen LogP contribution in [0.3, 0.4) is 0 Å². The van der Waals surface area contributed by atoms with Crippen LogP contribution in [0.5, 0.6) is 0 Å². The number of likely N-dealkylation sites (tertiary alicyclic amines) is 1. The van der Waals surface area contributed by atoms with Crippen molar-refractivity contribution in [2.45, 2.75) is 17.6 Å². The Balaban J connectivity index is 1.53. The van der Waals surface area contributed by atoms with Crippen LogP contribution in [0.1, 0.15) is 6.42 Å². The molecule has 1 aromatic heterocycles. The predicted octanol–water partition coefficient (Wildman–Crippen LogP) is 0.148. The molecule has 2 saturated heterocycles. The monoisotopic (exact) mass is 322 g/mol. The van der Waals surface area contributed by atoms with E-state index in [9.17, 15) is 14.4 Å². The first-order chi connectivity index (χ1) is 10.6. The lowest BCUT2D eigenvalue weighted by Crippen LogP contribution is -2.42. The average molecular weight is 322 g/mol. The number of nitrogens with zero attached hydrogens (tertiary/aromatic N) is 4. The molecule has 1 aromatic rings. The van der Waals surface area contributed by atoms with Gasteiger partial charge in [-0.3, -0.25) is 9.59 Å². The van der Waals surface area contributed by atoms with Crippen molar-refractivity contribution < 1.29 is 19.1 Å². The number of thioether (sulfide) groups is 1. The Kier molecular flexibility index (Phi) is 4.23. The predicted molar refractivity (Wildman–Crippen MR) is 75.9 cm³/mol. The molecule has 0 saturated carbocycles. The summed E-state index contributed by atoms with van der Waals surface area (Å²) in [6.45, 7) is 0.678. The summed E-state index contributed by atoms with van der Waals surface area (Å²) in [6.07, 6.45) is 3.21. The van der Waals surface area contributed by atoms with Gasteiger partial charge in [-0.15, -0.1) is 0 Å². The van der Waals surface area contributed by atoms with E-state index in [1.54, 1.807) is 23.4 Å². The van der Waals surface area contributed by atoms with Crippen LogP contribution >= 0.6 is 11.8 Å². The summed E-state index contributed by atoms with van der Waals surface area (Å²) in [7, 11) is 0. The van der Waals surface area contributed by atoms with Crippen LogP contribution in [0.4, 0.5) is 4.79 Å². The molecule has 2 aliphatic rings. The van der Waals surface area contributed by atoms with E-state index in [4.69, 9.17) is 4.74 Å². The van der Waals surface area contributed by atoms with Crippen molar-refractivity contribution in [3.8, 4) is 0 Å². The van der Waals surface area contributed by atoms with E-state index in [0.29, 0.717) is 24.7 Å². The van der Waals surface area contributed by atoms with Crippen LogP contribution < -0.4 is 0 Å². The number of hydrogen-bond acceptors (Lipinski definition) is 7. The Bertz CT molecular complexity index is 581. The average Bonchev–Trinajstić information content (AvgIpc) is 3.13. The van der Waals surface area contributed by atoms with Crippen molar-refractivity contribution in [3.63, 3.8) is 0 Å². The van der Waals surface area contributed by atoms with E-state index >= 15 is 0 Å². The maximum Gasteiger partial charge on any atom is 0.417 e. The number of carbonyl (C=O) groups excluding carboxylic acids is 3. The molecule has 116 valence electrons. The van der Waals surface area contributed by atoms with Crippen molar-refractivity contribution >= 4 is 29.7 Å². The molecule has 3 heterocycles. The van der Waals surface area contributed by atoms with Gasteiger partial charge in [0.05, 0.1) is 11.8 Å². The normalized spacial score (nSPS) is 21.4. The van der Waals surface area contributed by atoms with Crippen LogP contribution in [0.2, 0.25) is 0 Å². The summed E-state index contributed by atoms with van der Waals surface area (Å²) in [5, 5.41) is 0.546. The Morgan fingerprint density at radius 1 is 1.36 bits per heavy atom. The maximum absolute atomic E-state index is 12.2. The summed E-state index contributed by atoms with van der Waals surface area (Å²) in [5.41, 5.74) is 0. The number of rotatable bonds is 4. The van der Waals surface area contributed by atoms with Gasteiger partial charge in [-0.05, 0) is 12.5 Å². The Morgan fingerprint density at radius 2 is 2.14 bits per heavy atom. The first-order valence-electron chi connectivity index (χ1n) is 6.81. The smallest absolute Gasteiger partial charge is 0.417 e. The third-order valence-corrected chi connectivity index (χ3v) is 4.39. The Morgan fingerprint density at radius 3 is 2.82 bits per heavy atom. The minimum absolute atomic E-state index is 0.0556. The number of ether oxygens (including phenoxy) is 1. The van der Waals surface area contributed by atoms with Gasteiger partial charge < -0.3 is 9.64 Å². The number of amides is 3. The van der Waals surface area contributed by atoms with Gasteiger partial charge in [-0.1, -0.05) is 11.8 Å². The lowest BCUT2D eigenvalue weighted by molar-refractivity contribution is -0.129. The van der Waals surface area contributed by atoms with Gasteiger partial charge in [0.25, 0.3) is 5.91 Å². The van der Waals surface area contributed by atoms with Crippen LogP contribution in [-0.2, 0) is 14.3 Å². The molecule has 1 unspecified atom stereocenters. The fraction of sp³-hybridized carbons (Fsp3) is 0.462.